The quantitative estimate of drug-likeness (QED) is 0.787. The summed E-state index contributed by atoms with van der Waals surface area (Å²) in [7, 11) is 0. The lowest BCUT2D eigenvalue weighted by atomic mass is 9.69. The fraction of sp³-hybridized carbons (Fsp3) is 1.00. The molecule has 1 aliphatic rings. The number of hydrogen-bond donors (Lipinski definition) is 1. The van der Waals surface area contributed by atoms with Crippen LogP contribution in [0.3, 0.4) is 0 Å². The van der Waals surface area contributed by atoms with Crippen LogP contribution in [0.15, 0.2) is 0 Å². The molecule has 0 spiro atoms. The van der Waals surface area contributed by atoms with E-state index in [2.05, 4.69) is 51.7 Å². The van der Waals surface area contributed by atoms with Crippen LogP contribution < -0.4 is 5.32 Å². The molecular weight excluding hydrogens is 226 g/mol. The van der Waals surface area contributed by atoms with Gasteiger partial charge in [-0.1, -0.05) is 40.5 Å². The minimum atomic E-state index is 0.454. The second-order valence-corrected chi connectivity index (χ2v) is 7.91. The molecule has 0 heterocycles. The van der Waals surface area contributed by atoms with Crippen molar-refractivity contribution in [3.8, 4) is 0 Å². The molecule has 102 valence electrons. The van der Waals surface area contributed by atoms with E-state index in [9.17, 15) is 0 Å². The summed E-state index contributed by atoms with van der Waals surface area (Å²) in [6.07, 6.45) is 5.63. The second kappa shape index (κ2) is 7.04. The number of rotatable bonds is 5. The highest BCUT2D eigenvalue weighted by Gasteiger charge is 2.34. The Balaban J connectivity index is 2.48. The normalized spacial score (nSPS) is 28.1. The highest BCUT2D eigenvalue weighted by atomic mass is 32.2. The van der Waals surface area contributed by atoms with Crippen molar-refractivity contribution in [1.82, 2.24) is 5.32 Å². The number of hydrogen-bond acceptors (Lipinski definition) is 2. The van der Waals surface area contributed by atoms with E-state index in [4.69, 9.17) is 0 Å². The molecule has 1 rings (SSSR count). The van der Waals surface area contributed by atoms with Crippen LogP contribution >= 0.6 is 11.8 Å². The van der Waals surface area contributed by atoms with E-state index in [0.29, 0.717) is 11.5 Å². The van der Waals surface area contributed by atoms with Gasteiger partial charge in [0.25, 0.3) is 0 Å². The molecule has 0 radical (unpaired) electrons. The molecule has 0 amide bonds. The van der Waals surface area contributed by atoms with Gasteiger partial charge in [-0.15, -0.1) is 0 Å². The molecule has 3 atom stereocenters. The van der Waals surface area contributed by atoms with Gasteiger partial charge >= 0.3 is 0 Å². The highest BCUT2D eigenvalue weighted by molar-refractivity contribution is 7.99. The zero-order chi connectivity index (χ0) is 12.9. The second-order valence-electron chi connectivity index (χ2n) is 6.59. The van der Waals surface area contributed by atoms with Crippen LogP contribution in [-0.2, 0) is 0 Å². The summed E-state index contributed by atoms with van der Waals surface area (Å²) in [5.74, 6) is 3.34. The van der Waals surface area contributed by atoms with Gasteiger partial charge in [-0.2, -0.15) is 11.8 Å². The summed E-state index contributed by atoms with van der Waals surface area (Å²) >= 11 is 2.05. The molecular formula is C15H31NS. The standard InChI is InChI=1S/C15H31NS/c1-6-17-11-12(2)16-14-10-8-7-9-13(14)15(3,4)5/h12-14,16H,6-11H2,1-5H3. The van der Waals surface area contributed by atoms with Gasteiger partial charge in [0.15, 0.2) is 0 Å². The maximum atomic E-state index is 3.89. The average Bonchev–Trinajstić information content (AvgIpc) is 2.25. The van der Waals surface area contributed by atoms with Crippen molar-refractivity contribution in [2.45, 2.75) is 72.4 Å². The molecule has 2 heteroatoms. The van der Waals surface area contributed by atoms with E-state index in [1.54, 1.807) is 0 Å². The lowest BCUT2D eigenvalue weighted by molar-refractivity contribution is 0.126. The van der Waals surface area contributed by atoms with E-state index < -0.39 is 0 Å². The smallest absolute Gasteiger partial charge is 0.0132 e. The summed E-state index contributed by atoms with van der Waals surface area (Å²) < 4.78 is 0. The van der Waals surface area contributed by atoms with Crippen LogP contribution in [-0.4, -0.2) is 23.6 Å². The summed E-state index contributed by atoms with van der Waals surface area (Å²) in [5.41, 5.74) is 0.454. The van der Waals surface area contributed by atoms with Gasteiger partial charge in [0.2, 0.25) is 0 Å². The van der Waals surface area contributed by atoms with Crippen molar-refractivity contribution in [2.24, 2.45) is 11.3 Å². The average molecular weight is 257 g/mol. The Morgan fingerprint density at radius 2 is 1.88 bits per heavy atom. The van der Waals surface area contributed by atoms with Gasteiger partial charge in [-0.3, -0.25) is 0 Å². The zero-order valence-corrected chi connectivity index (χ0v) is 13.2. The third-order valence-corrected chi connectivity index (χ3v) is 5.09. The molecule has 0 bridgehead atoms. The van der Waals surface area contributed by atoms with Gasteiger partial charge in [-0.25, -0.2) is 0 Å². The molecule has 1 fully saturated rings. The first-order valence-electron chi connectivity index (χ1n) is 7.29. The lowest BCUT2D eigenvalue weighted by Gasteiger charge is -2.42. The molecule has 3 unspecified atom stereocenters. The predicted molar refractivity (Wildman–Crippen MR) is 80.8 cm³/mol. The first kappa shape index (κ1) is 15.4. The summed E-state index contributed by atoms with van der Waals surface area (Å²) in [6.45, 7) is 11.8. The molecule has 0 aliphatic heterocycles. The third kappa shape index (κ3) is 5.21. The van der Waals surface area contributed by atoms with E-state index in [1.807, 2.05) is 0 Å². The Kier molecular flexibility index (Phi) is 6.36. The maximum Gasteiger partial charge on any atom is 0.0132 e. The Morgan fingerprint density at radius 1 is 1.24 bits per heavy atom. The van der Waals surface area contributed by atoms with Crippen molar-refractivity contribution >= 4 is 11.8 Å². The zero-order valence-electron chi connectivity index (χ0n) is 12.4. The fourth-order valence-electron chi connectivity index (χ4n) is 3.08. The minimum absolute atomic E-state index is 0.454. The molecule has 1 saturated carbocycles. The summed E-state index contributed by atoms with van der Waals surface area (Å²) in [6, 6.07) is 1.41. The Hall–Kier alpha value is 0.310. The van der Waals surface area contributed by atoms with Crippen molar-refractivity contribution in [1.29, 1.82) is 0 Å². The Bertz CT molecular complexity index is 209. The molecule has 0 aromatic rings. The predicted octanol–water partition coefficient (Wildman–Crippen LogP) is 4.32. The van der Waals surface area contributed by atoms with Crippen molar-refractivity contribution in [3.63, 3.8) is 0 Å². The van der Waals surface area contributed by atoms with Crippen molar-refractivity contribution < 1.29 is 0 Å². The first-order valence-corrected chi connectivity index (χ1v) is 8.44. The molecule has 1 N–H and O–H groups in total. The van der Waals surface area contributed by atoms with E-state index in [-0.39, 0.29) is 0 Å². The number of thioether (sulfide) groups is 1. The Labute approximate surface area is 113 Å². The largest absolute Gasteiger partial charge is 0.310 e. The molecule has 0 aromatic carbocycles. The highest BCUT2D eigenvalue weighted by Crippen LogP contribution is 2.38. The van der Waals surface area contributed by atoms with E-state index in [1.165, 1.54) is 37.2 Å². The first-order chi connectivity index (χ1) is 7.95. The van der Waals surface area contributed by atoms with Crippen molar-refractivity contribution in [3.05, 3.63) is 0 Å². The van der Waals surface area contributed by atoms with Gasteiger partial charge in [0.1, 0.15) is 0 Å². The Morgan fingerprint density at radius 3 is 2.47 bits per heavy atom. The summed E-state index contributed by atoms with van der Waals surface area (Å²) in [4.78, 5) is 0. The van der Waals surface area contributed by atoms with Gasteiger partial charge < -0.3 is 5.32 Å². The van der Waals surface area contributed by atoms with Crippen molar-refractivity contribution in [2.75, 3.05) is 11.5 Å². The monoisotopic (exact) mass is 257 g/mol. The third-order valence-electron chi connectivity index (χ3n) is 3.95. The van der Waals surface area contributed by atoms with Crippen LogP contribution in [0, 0.1) is 11.3 Å². The van der Waals surface area contributed by atoms with Crippen LogP contribution in [0.1, 0.15) is 60.3 Å². The fourth-order valence-corrected chi connectivity index (χ4v) is 3.76. The van der Waals surface area contributed by atoms with Gasteiger partial charge in [0, 0.05) is 17.8 Å². The lowest BCUT2D eigenvalue weighted by Crippen LogP contribution is -2.48. The minimum Gasteiger partial charge on any atom is -0.310 e. The van der Waals surface area contributed by atoms with Crippen LogP contribution in [0.25, 0.3) is 0 Å². The number of nitrogens with one attached hydrogen (secondary N) is 1. The summed E-state index contributed by atoms with van der Waals surface area (Å²) in [5, 5.41) is 3.89. The van der Waals surface area contributed by atoms with E-state index >= 15 is 0 Å². The molecule has 0 aromatic heterocycles. The molecule has 0 saturated heterocycles. The molecule has 1 nitrogen and oxygen atoms in total. The molecule has 1 aliphatic carbocycles. The van der Waals surface area contributed by atoms with Crippen LogP contribution in [0.5, 0.6) is 0 Å². The van der Waals surface area contributed by atoms with Crippen LogP contribution in [0.2, 0.25) is 0 Å². The van der Waals surface area contributed by atoms with Gasteiger partial charge in [0.05, 0.1) is 0 Å². The SMILES string of the molecule is CCSCC(C)NC1CCCCC1C(C)(C)C. The van der Waals surface area contributed by atoms with Gasteiger partial charge in [-0.05, 0) is 36.9 Å². The topological polar surface area (TPSA) is 12.0 Å². The van der Waals surface area contributed by atoms with E-state index in [0.717, 1.165) is 12.0 Å². The van der Waals surface area contributed by atoms with Crippen LogP contribution in [0.4, 0.5) is 0 Å². The molecule has 17 heavy (non-hydrogen) atoms. The maximum absolute atomic E-state index is 3.89.